The normalized spacial score (nSPS) is 24.1. The number of carbonyl (C=O) groups excluding carboxylic acids is 1. The zero-order chi connectivity index (χ0) is 26.2. The highest BCUT2D eigenvalue weighted by Gasteiger charge is 2.42. The van der Waals surface area contributed by atoms with E-state index in [1.54, 1.807) is 25.6 Å². The first-order chi connectivity index (χ1) is 17.0. The van der Waals surface area contributed by atoms with Gasteiger partial charge in [-0.25, -0.2) is 18.2 Å². The lowest BCUT2D eigenvalue weighted by Crippen LogP contribution is -2.54. The fourth-order valence-corrected chi connectivity index (χ4v) is 5.28. The van der Waals surface area contributed by atoms with Crippen LogP contribution in [-0.4, -0.2) is 38.8 Å². The Morgan fingerprint density at radius 3 is 2.50 bits per heavy atom. The quantitative estimate of drug-likeness (QED) is 0.342. The van der Waals surface area contributed by atoms with E-state index in [-0.39, 0.29) is 24.0 Å². The lowest BCUT2D eigenvalue weighted by Gasteiger charge is -2.44. The molecule has 1 saturated carbocycles. The van der Waals surface area contributed by atoms with Gasteiger partial charge in [-0.3, -0.25) is 9.78 Å². The summed E-state index contributed by atoms with van der Waals surface area (Å²) in [6.45, 7) is 3.69. The second kappa shape index (κ2) is 10.3. The summed E-state index contributed by atoms with van der Waals surface area (Å²) < 4.78 is 43.9. The third kappa shape index (κ3) is 5.05. The molecule has 4 atom stereocenters. The number of rotatable bonds is 6. The van der Waals surface area contributed by atoms with Crippen molar-refractivity contribution >= 4 is 17.5 Å². The van der Waals surface area contributed by atoms with Crippen molar-refractivity contribution in [2.45, 2.75) is 55.6 Å². The summed E-state index contributed by atoms with van der Waals surface area (Å²) in [5.41, 5.74) is 5.59. The second-order valence-electron chi connectivity index (χ2n) is 9.57. The predicted molar refractivity (Wildman–Crippen MR) is 133 cm³/mol. The number of aromatic nitrogens is 2. The van der Waals surface area contributed by atoms with E-state index in [4.69, 9.17) is 5.73 Å². The van der Waals surface area contributed by atoms with Crippen LogP contribution in [0.25, 0.3) is 11.3 Å². The highest BCUT2D eigenvalue weighted by molar-refractivity contribution is 7.98. The molecule has 2 heterocycles. The molecule has 0 amide bonds. The Bertz CT molecular complexity index is 1260. The first-order valence-corrected chi connectivity index (χ1v) is 12.9. The van der Waals surface area contributed by atoms with Gasteiger partial charge in [-0.2, -0.15) is 0 Å². The molecule has 0 radical (unpaired) electrons. The molecule has 2 aromatic heterocycles. The molecule has 0 bridgehead atoms. The Morgan fingerprint density at radius 2 is 1.86 bits per heavy atom. The molecule has 3 aromatic rings. The number of benzene rings is 1. The monoisotopic (exact) mass is 515 g/mol. The molecule has 4 rings (SSSR count). The number of Topliss-reactive ketones (excluding diaryl/α,β-unsaturated/α-hetero) is 1. The van der Waals surface area contributed by atoms with E-state index in [0.29, 0.717) is 23.3 Å². The minimum Gasteiger partial charge on any atom is -0.388 e. The average Bonchev–Trinajstić information content (AvgIpc) is 2.83. The van der Waals surface area contributed by atoms with Gasteiger partial charge >= 0.3 is 0 Å². The molecule has 5 nitrogen and oxygen atoms in total. The van der Waals surface area contributed by atoms with E-state index in [2.05, 4.69) is 9.97 Å². The number of hydrogen-bond donors (Lipinski definition) is 2. The molecular formula is C27H28F3N3O2S. The van der Waals surface area contributed by atoms with Crippen LogP contribution in [0, 0.1) is 23.4 Å². The topological polar surface area (TPSA) is 89.1 Å². The van der Waals surface area contributed by atoms with Crippen LogP contribution in [0.4, 0.5) is 13.2 Å². The maximum Gasteiger partial charge on any atom is 0.185 e. The highest BCUT2D eigenvalue weighted by Crippen LogP contribution is 2.42. The third-order valence-electron chi connectivity index (χ3n) is 7.28. The number of halogens is 3. The minimum atomic E-state index is -0.980. The smallest absolute Gasteiger partial charge is 0.185 e. The van der Waals surface area contributed by atoms with E-state index in [0.717, 1.165) is 35.5 Å². The largest absolute Gasteiger partial charge is 0.388 e. The van der Waals surface area contributed by atoms with Gasteiger partial charge < -0.3 is 10.8 Å². The summed E-state index contributed by atoms with van der Waals surface area (Å²) in [6.07, 6.45) is 6.07. The van der Waals surface area contributed by atoms with Crippen molar-refractivity contribution in [1.29, 1.82) is 0 Å². The lowest BCUT2D eigenvalue weighted by molar-refractivity contribution is -0.0464. The van der Waals surface area contributed by atoms with Crippen molar-refractivity contribution in [3.8, 4) is 11.3 Å². The van der Waals surface area contributed by atoms with Gasteiger partial charge in [-0.1, -0.05) is 6.92 Å². The van der Waals surface area contributed by atoms with E-state index < -0.39 is 46.1 Å². The molecule has 1 aliphatic carbocycles. The van der Waals surface area contributed by atoms with E-state index in [1.165, 1.54) is 6.07 Å². The van der Waals surface area contributed by atoms with Gasteiger partial charge in [0.25, 0.3) is 0 Å². The summed E-state index contributed by atoms with van der Waals surface area (Å²) in [5.74, 6) is -3.30. The zero-order valence-electron chi connectivity index (χ0n) is 20.3. The third-order valence-corrected chi connectivity index (χ3v) is 7.98. The number of aliphatic hydroxyl groups is 1. The molecule has 9 heteroatoms. The number of nitrogens with two attached hydrogens (primary N) is 1. The maximum atomic E-state index is 14.6. The molecule has 0 unspecified atom stereocenters. The molecule has 36 heavy (non-hydrogen) atoms. The van der Waals surface area contributed by atoms with Gasteiger partial charge in [0, 0.05) is 29.8 Å². The van der Waals surface area contributed by atoms with Crippen molar-refractivity contribution in [2.75, 3.05) is 6.26 Å². The molecule has 3 N–H and O–H groups in total. The molecule has 0 spiro atoms. The number of thioether (sulfide) groups is 1. The summed E-state index contributed by atoms with van der Waals surface area (Å²) in [4.78, 5) is 21.7. The molecule has 1 fully saturated rings. The van der Waals surface area contributed by atoms with Crippen molar-refractivity contribution < 1.29 is 23.1 Å². The molecule has 190 valence electrons. The number of carbonyl (C=O) groups is 1. The summed E-state index contributed by atoms with van der Waals surface area (Å²) in [6, 6.07) is 5.83. The van der Waals surface area contributed by atoms with Crippen LogP contribution in [0.5, 0.6) is 0 Å². The van der Waals surface area contributed by atoms with Gasteiger partial charge in [0.2, 0.25) is 0 Å². The molecular weight excluding hydrogens is 487 g/mol. The summed E-state index contributed by atoms with van der Waals surface area (Å²) in [5, 5.41) is 10.7. The Labute approximate surface area is 212 Å². The van der Waals surface area contributed by atoms with Crippen molar-refractivity contribution in [3.05, 3.63) is 77.0 Å². The fourth-order valence-electron chi connectivity index (χ4n) is 4.84. The van der Waals surface area contributed by atoms with Crippen LogP contribution < -0.4 is 5.73 Å². The molecule has 0 saturated heterocycles. The van der Waals surface area contributed by atoms with E-state index in [9.17, 15) is 23.1 Å². The van der Waals surface area contributed by atoms with Gasteiger partial charge in [0.05, 0.1) is 11.2 Å². The van der Waals surface area contributed by atoms with Crippen molar-refractivity contribution in [2.24, 2.45) is 11.7 Å². The van der Waals surface area contributed by atoms with E-state index >= 15 is 0 Å². The van der Waals surface area contributed by atoms with Gasteiger partial charge in [-0.15, -0.1) is 11.8 Å². The standard InChI is InChI=1S/C27H28F3N3O2S/c1-14-8-15(10-24(31)27(14,2)35)18-6-7-32-13-16(18)9-23(34)22-5-4-19(28)26(33-22)25-20(29)11-17(36-3)12-21(25)30/h4-7,11-15,24,35H,8-10,31H2,1-3H3/t14-,15+,24+,27+/m0/s1. The maximum absolute atomic E-state index is 14.6. The van der Waals surface area contributed by atoms with Crippen molar-refractivity contribution in [1.82, 2.24) is 9.97 Å². The average molecular weight is 516 g/mol. The van der Waals surface area contributed by atoms with Crippen LogP contribution in [0.2, 0.25) is 0 Å². The summed E-state index contributed by atoms with van der Waals surface area (Å²) >= 11 is 1.15. The number of pyridine rings is 2. The number of ketones is 1. The Hall–Kier alpha value is -2.75. The summed E-state index contributed by atoms with van der Waals surface area (Å²) in [7, 11) is 0. The Morgan fingerprint density at radius 1 is 1.17 bits per heavy atom. The lowest BCUT2D eigenvalue weighted by atomic mass is 9.67. The Kier molecular flexibility index (Phi) is 7.54. The zero-order valence-corrected chi connectivity index (χ0v) is 21.1. The minimum absolute atomic E-state index is 0.0240. The van der Waals surface area contributed by atoms with Gasteiger partial charge in [-0.05, 0) is 79.3 Å². The van der Waals surface area contributed by atoms with Crippen LogP contribution in [0.15, 0.2) is 47.6 Å². The van der Waals surface area contributed by atoms with E-state index in [1.807, 2.05) is 13.0 Å². The van der Waals surface area contributed by atoms with Crippen LogP contribution in [0.3, 0.4) is 0 Å². The molecule has 1 aromatic carbocycles. The van der Waals surface area contributed by atoms with Gasteiger partial charge in [0.15, 0.2) is 5.78 Å². The Balaban J connectivity index is 1.63. The SMILES string of the molecule is CSc1cc(F)c(-c2nc(C(=O)Cc3cnccc3[C@H]3C[C@@H](N)[C@](C)(O)[C@@H](C)C3)ccc2F)c(F)c1. The van der Waals surface area contributed by atoms with Crippen molar-refractivity contribution in [3.63, 3.8) is 0 Å². The second-order valence-corrected chi connectivity index (χ2v) is 10.4. The predicted octanol–water partition coefficient (Wildman–Crippen LogP) is 5.30. The van der Waals surface area contributed by atoms with Crippen LogP contribution >= 0.6 is 11.8 Å². The molecule has 0 aliphatic heterocycles. The van der Waals surface area contributed by atoms with Crippen LogP contribution in [0.1, 0.15) is 54.2 Å². The molecule has 1 aliphatic rings. The number of hydrogen-bond acceptors (Lipinski definition) is 6. The first-order valence-electron chi connectivity index (χ1n) is 11.7. The van der Waals surface area contributed by atoms with Gasteiger partial charge in [0.1, 0.15) is 28.8 Å². The van der Waals surface area contributed by atoms with Crippen LogP contribution in [-0.2, 0) is 6.42 Å². The first kappa shape index (κ1) is 26.3. The highest BCUT2D eigenvalue weighted by atomic mass is 32.2. The fraction of sp³-hybridized carbons (Fsp3) is 0.370. The number of nitrogens with zero attached hydrogens (tertiary/aromatic N) is 2.